The number of benzene rings is 2. The number of aryl methyl sites for hydroxylation is 1. The topological polar surface area (TPSA) is 48.6 Å². The van der Waals surface area contributed by atoms with Gasteiger partial charge in [-0.1, -0.05) is 30.3 Å². The molecule has 5 nitrogen and oxygen atoms in total. The van der Waals surface area contributed by atoms with Crippen molar-refractivity contribution in [3.05, 3.63) is 65.4 Å². The van der Waals surface area contributed by atoms with Crippen LogP contribution in [0.5, 0.6) is 0 Å². The van der Waals surface area contributed by atoms with Crippen molar-refractivity contribution in [3.8, 4) is 0 Å². The molecule has 30 heavy (non-hydrogen) atoms. The lowest BCUT2D eigenvalue weighted by atomic mass is 10.1. The summed E-state index contributed by atoms with van der Waals surface area (Å²) in [6, 6.07) is 16.6. The normalized spacial score (nSPS) is 16.2. The molecule has 5 heteroatoms. The van der Waals surface area contributed by atoms with Gasteiger partial charge < -0.3 is 19.5 Å². The Hall–Kier alpha value is -2.79. The number of fused-ring (bicyclic) bond motifs is 1. The molecule has 1 saturated heterocycles. The Kier molecular flexibility index (Phi) is 6.09. The van der Waals surface area contributed by atoms with Gasteiger partial charge in [0.2, 0.25) is 5.91 Å². The summed E-state index contributed by atoms with van der Waals surface area (Å²) in [5, 5.41) is 1.13. The van der Waals surface area contributed by atoms with Crippen LogP contribution in [0.4, 0.5) is 5.69 Å². The Bertz CT molecular complexity index is 1000. The highest BCUT2D eigenvalue weighted by molar-refractivity contribution is 5.90. The summed E-state index contributed by atoms with van der Waals surface area (Å²) in [5.74, 6) is 0.148. The number of carbonyl (C=O) groups is 1. The Labute approximate surface area is 178 Å². The highest BCUT2D eigenvalue weighted by atomic mass is 16.5. The first-order valence-corrected chi connectivity index (χ1v) is 10.7. The quantitative estimate of drug-likeness (QED) is 0.638. The summed E-state index contributed by atoms with van der Waals surface area (Å²) in [5.41, 5.74) is 5.54. The molecule has 1 aliphatic rings. The number of anilines is 1. The van der Waals surface area contributed by atoms with E-state index in [1.807, 2.05) is 38.1 Å². The lowest BCUT2D eigenvalue weighted by Gasteiger charge is -2.26. The summed E-state index contributed by atoms with van der Waals surface area (Å²) in [7, 11) is 4.07. The van der Waals surface area contributed by atoms with Crippen molar-refractivity contribution in [1.82, 2.24) is 9.88 Å². The van der Waals surface area contributed by atoms with Gasteiger partial charge in [-0.15, -0.1) is 0 Å². The number of hydrogen-bond donors (Lipinski definition) is 1. The molecule has 0 saturated carbocycles. The van der Waals surface area contributed by atoms with E-state index in [-0.39, 0.29) is 12.0 Å². The first-order chi connectivity index (χ1) is 14.5. The maximum atomic E-state index is 13.4. The minimum atomic E-state index is 0.138. The van der Waals surface area contributed by atoms with Crippen LogP contribution in [-0.2, 0) is 22.5 Å². The highest BCUT2D eigenvalue weighted by Gasteiger charge is 2.24. The zero-order valence-electron chi connectivity index (χ0n) is 18.1. The third-order valence-electron chi connectivity index (χ3n) is 5.98. The molecular formula is C25H31N3O2. The maximum absolute atomic E-state index is 13.4. The number of amides is 1. The van der Waals surface area contributed by atoms with Crippen LogP contribution in [0.25, 0.3) is 10.9 Å². The largest absolute Gasteiger partial charge is 0.378 e. The van der Waals surface area contributed by atoms with Crippen LogP contribution in [0, 0.1) is 6.92 Å². The molecule has 2 aromatic carbocycles. The molecule has 0 aliphatic carbocycles. The summed E-state index contributed by atoms with van der Waals surface area (Å²) in [4.78, 5) is 20.9. The molecular weight excluding hydrogens is 374 g/mol. The fourth-order valence-electron chi connectivity index (χ4n) is 4.23. The molecule has 158 valence electrons. The number of aromatic nitrogens is 1. The van der Waals surface area contributed by atoms with Gasteiger partial charge in [-0.05, 0) is 49.1 Å². The molecule has 1 fully saturated rings. The van der Waals surface area contributed by atoms with Crippen LogP contribution in [0.2, 0.25) is 0 Å². The third kappa shape index (κ3) is 4.51. The van der Waals surface area contributed by atoms with E-state index in [4.69, 9.17) is 4.74 Å². The van der Waals surface area contributed by atoms with E-state index in [0.29, 0.717) is 19.5 Å². The lowest BCUT2D eigenvalue weighted by molar-refractivity contribution is -0.132. The molecule has 1 atom stereocenters. The first-order valence-electron chi connectivity index (χ1n) is 10.7. The van der Waals surface area contributed by atoms with Gasteiger partial charge in [-0.3, -0.25) is 4.79 Å². The molecule has 1 N–H and O–H groups in total. The molecule has 0 radical (unpaired) electrons. The van der Waals surface area contributed by atoms with E-state index < -0.39 is 0 Å². The minimum absolute atomic E-state index is 0.138. The second kappa shape index (κ2) is 8.92. The number of nitrogens with zero attached hydrogens (tertiary/aromatic N) is 2. The van der Waals surface area contributed by atoms with Crippen LogP contribution < -0.4 is 4.90 Å². The summed E-state index contributed by atoms with van der Waals surface area (Å²) in [6.45, 7) is 4.10. The lowest BCUT2D eigenvalue weighted by Crippen LogP contribution is -2.38. The average Bonchev–Trinajstić information content (AvgIpc) is 3.36. The minimum Gasteiger partial charge on any atom is -0.378 e. The Balaban J connectivity index is 1.54. The van der Waals surface area contributed by atoms with Crippen LogP contribution in [0.15, 0.2) is 48.5 Å². The van der Waals surface area contributed by atoms with Crippen molar-refractivity contribution < 1.29 is 9.53 Å². The maximum Gasteiger partial charge on any atom is 0.227 e. The van der Waals surface area contributed by atoms with Crippen molar-refractivity contribution in [2.45, 2.75) is 38.8 Å². The average molecular weight is 406 g/mol. The van der Waals surface area contributed by atoms with Crippen LogP contribution in [0.1, 0.15) is 29.7 Å². The second-order valence-electron chi connectivity index (χ2n) is 8.42. The number of carbonyl (C=O) groups excluding carboxylic acids is 1. The van der Waals surface area contributed by atoms with Gasteiger partial charge in [0.25, 0.3) is 0 Å². The Morgan fingerprint density at radius 1 is 1.13 bits per heavy atom. The second-order valence-corrected chi connectivity index (χ2v) is 8.42. The summed E-state index contributed by atoms with van der Waals surface area (Å²) >= 11 is 0. The molecule has 1 unspecified atom stereocenters. The van der Waals surface area contributed by atoms with Crippen molar-refractivity contribution >= 4 is 22.5 Å². The molecule has 4 rings (SSSR count). The number of aromatic amines is 1. The zero-order valence-corrected chi connectivity index (χ0v) is 18.1. The van der Waals surface area contributed by atoms with E-state index >= 15 is 0 Å². The fraction of sp³-hybridized carbons (Fsp3) is 0.400. The molecule has 1 aliphatic heterocycles. The summed E-state index contributed by atoms with van der Waals surface area (Å²) in [6.07, 6.45) is 2.64. The Morgan fingerprint density at radius 2 is 1.90 bits per heavy atom. The van der Waals surface area contributed by atoms with Gasteiger partial charge in [-0.2, -0.15) is 0 Å². The molecule has 1 aromatic heterocycles. The third-order valence-corrected chi connectivity index (χ3v) is 5.98. The van der Waals surface area contributed by atoms with Crippen molar-refractivity contribution in [2.24, 2.45) is 0 Å². The van der Waals surface area contributed by atoms with Crippen LogP contribution >= 0.6 is 0 Å². The van der Waals surface area contributed by atoms with E-state index in [2.05, 4.69) is 46.3 Å². The highest BCUT2D eigenvalue weighted by Crippen LogP contribution is 2.24. The predicted octanol–water partition coefficient (Wildman–Crippen LogP) is 4.29. The van der Waals surface area contributed by atoms with E-state index in [1.54, 1.807) is 0 Å². The SMILES string of the molecule is Cc1[nH]c2ccccc2c1CC(=O)N(Cc1ccc(N(C)C)cc1)CC1CCCO1. The number of rotatable bonds is 7. The summed E-state index contributed by atoms with van der Waals surface area (Å²) < 4.78 is 5.84. The van der Waals surface area contributed by atoms with E-state index in [9.17, 15) is 4.79 Å². The van der Waals surface area contributed by atoms with Gasteiger partial charge in [0.15, 0.2) is 0 Å². The number of H-pyrrole nitrogens is 1. The smallest absolute Gasteiger partial charge is 0.227 e. The number of ether oxygens (including phenoxy) is 1. The van der Waals surface area contributed by atoms with E-state index in [0.717, 1.165) is 52.9 Å². The molecule has 3 aromatic rings. The monoisotopic (exact) mass is 405 g/mol. The van der Waals surface area contributed by atoms with Gasteiger partial charge in [0.05, 0.1) is 12.5 Å². The molecule has 1 amide bonds. The molecule has 0 bridgehead atoms. The van der Waals surface area contributed by atoms with Gasteiger partial charge in [-0.25, -0.2) is 0 Å². The molecule has 2 heterocycles. The number of nitrogens with one attached hydrogen (secondary N) is 1. The Morgan fingerprint density at radius 3 is 2.60 bits per heavy atom. The van der Waals surface area contributed by atoms with Crippen LogP contribution in [-0.4, -0.2) is 49.1 Å². The van der Waals surface area contributed by atoms with Gasteiger partial charge in [0, 0.05) is 56.1 Å². The van der Waals surface area contributed by atoms with Crippen molar-refractivity contribution in [3.63, 3.8) is 0 Å². The standard InChI is InChI=1S/C25H31N3O2/c1-18-23(22-8-4-5-9-24(22)26-18)15-25(29)28(17-21-7-6-14-30-21)16-19-10-12-20(13-11-19)27(2)3/h4-5,8-13,21,26H,6-7,14-17H2,1-3H3. The van der Waals surface area contributed by atoms with Gasteiger partial charge in [0.1, 0.15) is 0 Å². The molecule has 0 spiro atoms. The van der Waals surface area contributed by atoms with Crippen molar-refractivity contribution in [1.29, 1.82) is 0 Å². The van der Waals surface area contributed by atoms with Gasteiger partial charge >= 0.3 is 0 Å². The first kappa shape index (κ1) is 20.5. The van der Waals surface area contributed by atoms with Crippen molar-refractivity contribution in [2.75, 3.05) is 32.1 Å². The fourth-order valence-corrected chi connectivity index (χ4v) is 4.23. The number of para-hydroxylation sites is 1. The van der Waals surface area contributed by atoms with E-state index in [1.165, 1.54) is 0 Å². The van der Waals surface area contributed by atoms with Crippen LogP contribution in [0.3, 0.4) is 0 Å². The number of hydrogen-bond acceptors (Lipinski definition) is 3. The zero-order chi connectivity index (χ0) is 21.1. The predicted molar refractivity (Wildman–Crippen MR) is 122 cm³/mol.